The molecule has 0 radical (unpaired) electrons. The van der Waals surface area contributed by atoms with Gasteiger partial charge in [-0.1, -0.05) is 0 Å². The lowest BCUT2D eigenvalue weighted by molar-refractivity contribution is -0.385. The number of benzene rings is 1. The van der Waals surface area contributed by atoms with Crippen molar-refractivity contribution in [1.82, 2.24) is 4.72 Å². The Morgan fingerprint density at radius 2 is 1.89 bits per heavy atom. The molecule has 6 nitrogen and oxygen atoms in total. The summed E-state index contributed by atoms with van der Waals surface area (Å²) in [7, 11) is -4.13. The fraction of sp³-hybridized carbons (Fsp3) is 0.400. The largest absolute Gasteiger partial charge is 0.270 e. The third kappa shape index (κ3) is 3.47. The number of hydrogen-bond donors (Lipinski definition) is 1. The molecular formula is C10H13FN2O4S. The van der Waals surface area contributed by atoms with Gasteiger partial charge in [0.05, 0.1) is 4.92 Å². The molecule has 0 aliphatic heterocycles. The molecule has 8 heteroatoms. The van der Waals surface area contributed by atoms with Gasteiger partial charge in [0.2, 0.25) is 10.0 Å². The lowest BCUT2D eigenvalue weighted by Gasteiger charge is -2.20. The van der Waals surface area contributed by atoms with Crippen molar-refractivity contribution >= 4 is 15.7 Å². The molecule has 0 aromatic heterocycles. The molecule has 18 heavy (non-hydrogen) atoms. The van der Waals surface area contributed by atoms with Crippen molar-refractivity contribution in [2.75, 3.05) is 0 Å². The van der Waals surface area contributed by atoms with Crippen molar-refractivity contribution < 1.29 is 17.7 Å². The third-order valence-corrected chi connectivity index (χ3v) is 3.63. The Hall–Kier alpha value is -1.54. The number of nitrogens with zero attached hydrogens (tertiary/aromatic N) is 1. The van der Waals surface area contributed by atoms with E-state index in [1.54, 1.807) is 20.8 Å². The molecule has 0 atom stereocenters. The molecule has 0 heterocycles. The molecule has 0 aliphatic rings. The summed E-state index contributed by atoms with van der Waals surface area (Å²) in [5.74, 6) is -1.03. The van der Waals surface area contributed by atoms with E-state index in [1.165, 1.54) is 0 Å². The molecule has 0 aliphatic carbocycles. The zero-order valence-electron chi connectivity index (χ0n) is 10.1. The maximum Gasteiger partial charge on any atom is 0.270 e. The first-order valence-electron chi connectivity index (χ1n) is 5.01. The van der Waals surface area contributed by atoms with Gasteiger partial charge < -0.3 is 0 Å². The van der Waals surface area contributed by atoms with Crippen molar-refractivity contribution in [1.29, 1.82) is 0 Å². The number of nitro benzene ring substituents is 1. The first-order valence-corrected chi connectivity index (χ1v) is 6.49. The Bertz CT molecular complexity index is 578. The number of hydrogen-bond acceptors (Lipinski definition) is 4. The van der Waals surface area contributed by atoms with Crippen LogP contribution in [0.15, 0.2) is 23.1 Å². The summed E-state index contributed by atoms with van der Waals surface area (Å²) in [6, 6.07) is 2.37. The van der Waals surface area contributed by atoms with Gasteiger partial charge in [-0.2, -0.15) is 0 Å². The molecule has 1 N–H and O–H groups in total. The third-order valence-electron chi connectivity index (χ3n) is 1.86. The van der Waals surface area contributed by atoms with E-state index in [0.717, 1.165) is 12.1 Å². The molecule has 1 aromatic rings. The smallest absolute Gasteiger partial charge is 0.258 e. The zero-order chi connectivity index (χ0) is 14.1. The molecule has 100 valence electrons. The molecule has 0 spiro atoms. The minimum Gasteiger partial charge on any atom is -0.258 e. The van der Waals surface area contributed by atoms with E-state index in [0.29, 0.717) is 6.07 Å². The highest BCUT2D eigenvalue weighted by Crippen LogP contribution is 2.22. The monoisotopic (exact) mass is 276 g/mol. The molecule has 0 unspecified atom stereocenters. The van der Waals surface area contributed by atoms with Gasteiger partial charge in [-0.25, -0.2) is 17.5 Å². The normalized spacial score (nSPS) is 12.4. The molecule has 1 aromatic carbocycles. The van der Waals surface area contributed by atoms with Crippen LogP contribution in [0.2, 0.25) is 0 Å². The van der Waals surface area contributed by atoms with Crippen LogP contribution in [0.5, 0.6) is 0 Å². The Labute approximate surface area is 104 Å². The summed E-state index contributed by atoms with van der Waals surface area (Å²) in [4.78, 5) is 9.03. The molecular weight excluding hydrogens is 263 g/mol. The predicted octanol–water partition coefficient (Wildman–Crippen LogP) is 1.81. The first-order chi connectivity index (χ1) is 8.03. The number of sulfonamides is 1. The summed E-state index contributed by atoms with van der Waals surface area (Å²) in [6.45, 7) is 4.75. The van der Waals surface area contributed by atoms with Crippen LogP contribution >= 0.6 is 0 Å². The summed E-state index contributed by atoms with van der Waals surface area (Å²) in [6.07, 6.45) is 0. The van der Waals surface area contributed by atoms with Crippen LogP contribution in [-0.4, -0.2) is 18.9 Å². The predicted molar refractivity (Wildman–Crippen MR) is 63.1 cm³/mol. The highest BCUT2D eigenvalue weighted by Gasteiger charge is 2.26. The van der Waals surface area contributed by atoms with Gasteiger partial charge in [-0.3, -0.25) is 10.1 Å². The number of halogens is 1. The van der Waals surface area contributed by atoms with Gasteiger partial charge in [0.25, 0.3) is 5.69 Å². The summed E-state index contributed by atoms with van der Waals surface area (Å²) in [5.41, 5.74) is -1.29. The van der Waals surface area contributed by atoms with Crippen molar-refractivity contribution in [3.8, 4) is 0 Å². The van der Waals surface area contributed by atoms with Gasteiger partial charge in [-0.15, -0.1) is 0 Å². The first kappa shape index (κ1) is 14.5. The van der Waals surface area contributed by atoms with Gasteiger partial charge in [-0.05, 0) is 26.8 Å². The fourth-order valence-electron chi connectivity index (χ4n) is 1.27. The molecule has 0 saturated carbocycles. The maximum absolute atomic E-state index is 13.5. The molecule has 0 bridgehead atoms. The van der Waals surface area contributed by atoms with E-state index < -0.39 is 36.9 Å². The van der Waals surface area contributed by atoms with Crippen LogP contribution in [0.25, 0.3) is 0 Å². The van der Waals surface area contributed by atoms with Gasteiger partial charge in [0.15, 0.2) is 0 Å². The fourth-order valence-corrected chi connectivity index (χ4v) is 2.79. The van der Waals surface area contributed by atoms with Gasteiger partial charge in [0.1, 0.15) is 10.7 Å². The lowest BCUT2D eigenvalue weighted by atomic mass is 10.1. The van der Waals surface area contributed by atoms with E-state index in [9.17, 15) is 22.9 Å². The van der Waals surface area contributed by atoms with Crippen LogP contribution < -0.4 is 4.72 Å². The van der Waals surface area contributed by atoms with Crippen LogP contribution in [0, 0.1) is 15.9 Å². The van der Waals surface area contributed by atoms with Crippen LogP contribution in [0.1, 0.15) is 20.8 Å². The second-order valence-electron chi connectivity index (χ2n) is 4.73. The maximum atomic E-state index is 13.5. The van der Waals surface area contributed by atoms with Crippen molar-refractivity contribution in [3.63, 3.8) is 0 Å². The topological polar surface area (TPSA) is 89.3 Å². The number of non-ortho nitro benzene ring substituents is 1. The minimum absolute atomic E-state index is 0.481. The van der Waals surface area contributed by atoms with Crippen LogP contribution in [-0.2, 0) is 10.0 Å². The average Bonchev–Trinajstić information content (AvgIpc) is 2.13. The van der Waals surface area contributed by atoms with Crippen LogP contribution in [0.3, 0.4) is 0 Å². The lowest BCUT2D eigenvalue weighted by Crippen LogP contribution is -2.40. The SMILES string of the molecule is CC(C)(C)NS(=O)(=O)c1cc([N+](=O)[O-])ccc1F. The second kappa shape index (κ2) is 4.62. The number of rotatable bonds is 3. The highest BCUT2D eigenvalue weighted by atomic mass is 32.2. The number of nitrogens with one attached hydrogen (secondary N) is 1. The van der Waals surface area contributed by atoms with Crippen LogP contribution in [0.4, 0.5) is 10.1 Å². The summed E-state index contributed by atoms with van der Waals surface area (Å²) >= 11 is 0. The number of nitro groups is 1. The van der Waals surface area contributed by atoms with E-state index in [-0.39, 0.29) is 0 Å². The van der Waals surface area contributed by atoms with Gasteiger partial charge in [0, 0.05) is 17.7 Å². The Kier molecular flexibility index (Phi) is 3.72. The molecule has 0 amide bonds. The standard InChI is InChI=1S/C10H13FN2O4S/c1-10(2,3)12-18(16,17)9-6-7(13(14)15)4-5-8(9)11/h4-6,12H,1-3H3. The minimum atomic E-state index is -4.13. The van der Waals surface area contributed by atoms with Gasteiger partial charge >= 0.3 is 0 Å². The zero-order valence-corrected chi connectivity index (χ0v) is 10.9. The Morgan fingerprint density at radius 3 is 2.33 bits per heavy atom. The molecule has 0 saturated heterocycles. The second-order valence-corrected chi connectivity index (χ2v) is 6.38. The summed E-state index contributed by atoms with van der Waals surface area (Å²) < 4.78 is 39.4. The van der Waals surface area contributed by atoms with Crippen molar-refractivity contribution in [3.05, 3.63) is 34.1 Å². The van der Waals surface area contributed by atoms with E-state index >= 15 is 0 Å². The molecule has 1 rings (SSSR count). The van der Waals surface area contributed by atoms with E-state index in [2.05, 4.69) is 4.72 Å². The Balaban J connectivity index is 3.32. The van der Waals surface area contributed by atoms with Crippen molar-refractivity contribution in [2.45, 2.75) is 31.2 Å². The van der Waals surface area contributed by atoms with E-state index in [4.69, 9.17) is 0 Å². The van der Waals surface area contributed by atoms with E-state index in [1.807, 2.05) is 0 Å². The summed E-state index contributed by atoms with van der Waals surface area (Å²) in [5, 5.41) is 10.5. The Morgan fingerprint density at radius 1 is 1.33 bits per heavy atom. The average molecular weight is 276 g/mol. The van der Waals surface area contributed by atoms with Crippen molar-refractivity contribution in [2.24, 2.45) is 0 Å². The molecule has 0 fully saturated rings. The quantitative estimate of drug-likeness (QED) is 0.673. The highest BCUT2D eigenvalue weighted by molar-refractivity contribution is 7.89.